The van der Waals surface area contributed by atoms with Gasteiger partial charge in [0.05, 0.1) is 4.11 Å². The van der Waals surface area contributed by atoms with Crippen molar-refractivity contribution >= 4 is 5.78 Å². The first-order chi connectivity index (χ1) is 5.11. The second-order valence-corrected chi connectivity index (χ2v) is 0.862. The number of ether oxygens (including phenoxy) is 1. The van der Waals surface area contributed by atoms with Crippen molar-refractivity contribution in [2.24, 2.45) is 0 Å². The van der Waals surface area contributed by atoms with E-state index in [9.17, 15) is 4.79 Å². The highest BCUT2D eigenvalue weighted by Gasteiger charge is 2.22. The molecule has 1 fully saturated rings. The van der Waals surface area contributed by atoms with Crippen LogP contribution in [0, 0.1) is 0 Å². The molecule has 0 saturated carbocycles. The number of ketones is 1. The molecule has 0 N–H and O–H groups in total. The van der Waals surface area contributed by atoms with Crippen LogP contribution in [-0.4, -0.2) is 18.4 Å². The van der Waals surface area contributed by atoms with Gasteiger partial charge in [0.2, 0.25) is 0 Å². The van der Waals surface area contributed by atoms with Crippen LogP contribution < -0.4 is 0 Å². The Morgan fingerprint density at radius 1 is 2.67 bits per heavy atom. The van der Waals surface area contributed by atoms with Gasteiger partial charge in [-0.1, -0.05) is 0 Å². The minimum absolute atomic E-state index is 1.35. The average molecular weight is 92.1 g/mol. The molecule has 0 aromatic carbocycles. The van der Waals surface area contributed by atoms with Crippen molar-refractivity contribution in [3.05, 3.63) is 0 Å². The van der Waals surface area contributed by atoms with Crippen LogP contribution in [0.25, 0.3) is 0 Å². The summed E-state index contributed by atoms with van der Waals surface area (Å²) in [6.07, 6.45) is -2.71. The third-order valence-electron chi connectivity index (χ3n) is 0.452. The molecule has 0 bridgehead atoms. The number of rotatable bonds is 0. The lowest BCUT2D eigenvalue weighted by Crippen LogP contribution is -2.37. The monoisotopic (exact) mass is 92.1 g/mol. The van der Waals surface area contributed by atoms with E-state index in [0.29, 0.717) is 0 Å². The maximum Gasteiger partial charge on any atom is 0.186 e. The number of hydrogen-bond acceptors (Lipinski definition) is 2. The predicted molar refractivity (Wildman–Crippen MR) is 20.4 cm³/mol. The fraction of sp³-hybridized carbons (Fsp3) is 0.750. The molecule has 0 aromatic heterocycles. The SMILES string of the molecule is [2H]C1([2H])OC([2H])(C([2H])([2H])[2H])C1=O. The van der Waals surface area contributed by atoms with Gasteiger partial charge in [0, 0.05) is 4.11 Å². The average Bonchev–Trinajstić information content (AvgIpc) is 1.83. The topological polar surface area (TPSA) is 26.3 Å². The van der Waals surface area contributed by atoms with E-state index in [1.54, 1.807) is 0 Å². The molecule has 0 aliphatic carbocycles. The number of carbonyl (C=O) groups excluding carboxylic acids is 1. The van der Waals surface area contributed by atoms with E-state index in [1.165, 1.54) is 0 Å². The van der Waals surface area contributed by atoms with Crippen LogP contribution in [-0.2, 0) is 9.53 Å². The second kappa shape index (κ2) is 1.05. The third-order valence-corrected chi connectivity index (χ3v) is 0.452. The van der Waals surface area contributed by atoms with Gasteiger partial charge < -0.3 is 4.74 Å². The maximum atomic E-state index is 10.8. The molecule has 1 unspecified atom stereocenters. The van der Waals surface area contributed by atoms with Crippen LogP contribution in [0.15, 0.2) is 0 Å². The smallest absolute Gasteiger partial charge is 0.186 e. The van der Waals surface area contributed by atoms with Gasteiger partial charge in [0.25, 0.3) is 0 Å². The maximum absolute atomic E-state index is 10.8. The van der Waals surface area contributed by atoms with Gasteiger partial charge in [-0.05, 0) is 6.85 Å². The molecule has 0 spiro atoms. The zero-order valence-corrected chi connectivity index (χ0v) is 2.82. The van der Waals surface area contributed by atoms with Gasteiger partial charge in [0.1, 0.15) is 12.6 Å². The van der Waals surface area contributed by atoms with E-state index < -0.39 is 25.3 Å². The molecule has 34 valence electrons. The number of Topliss-reactive ketones (excluding diaryl/α,β-unsaturated/α-hetero) is 1. The van der Waals surface area contributed by atoms with Crippen molar-refractivity contribution in [1.29, 1.82) is 0 Å². The second-order valence-electron chi connectivity index (χ2n) is 0.862. The Kier molecular flexibility index (Phi) is 0.156. The van der Waals surface area contributed by atoms with Crippen molar-refractivity contribution in [3.63, 3.8) is 0 Å². The quantitative estimate of drug-likeness (QED) is 0.419. The molecule has 1 aliphatic heterocycles. The summed E-state index contributed by atoms with van der Waals surface area (Å²) < 4.78 is 44.7. The first-order valence-electron chi connectivity index (χ1n) is 4.36. The Morgan fingerprint density at radius 2 is 3.50 bits per heavy atom. The lowest BCUT2D eigenvalue weighted by Gasteiger charge is -2.19. The summed E-state index contributed by atoms with van der Waals surface area (Å²) in [6.45, 7) is -5.55. The summed E-state index contributed by atoms with van der Waals surface area (Å²) in [6, 6.07) is 0. The Balaban J connectivity index is 2.90. The molecule has 1 saturated heterocycles. The van der Waals surface area contributed by atoms with Crippen LogP contribution in [0.5, 0.6) is 0 Å². The highest BCUT2D eigenvalue weighted by Crippen LogP contribution is 2.02. The predicted octanol–water partition coefficient (Wildman–Crippen LogP) is -0.0258. The molecule has 0 aromatic rings. The zero-order valence-electron chi connectivity index (χ0n) is 8.82. The van der Waals surface area contributed by atoms with Crippen LogP contribution in [0.3, 0.4) is 0 Å². The van der Waals surface area contributed by atoms with E-state index in [2.05, 4.69) is 4.74 Å². The van der Waals surface area contributed by atoms with E-state index in [0.717, 1.165) is 0 Å². The molecular formula is C4H6O2. The van der Waals surface area contributed by atoms with E-state index in [4.69, 9.17) is 8.22 Å². The lowest BCUT2D eigenvalue weighted by atomic mass is 10.2. The minimum atomic E-state index is -2.93. The first kappa shape index (κ1) is 0.892. The van der Waals surface area contributed by atoms with Crippen LogP contribution >= 0.6 is 0 Å². The number of carbonyl (C=O) groups is 1. The van der Waals surface area contributed by atoms with Gasteiger partial charge in [-0.25, -0.2) is 0 Å². The first-order valence-corrected chi connectivity index (χ1v) is 1.36. The highest BCUT2D eigenvalue weighted by molar-refractivity contribution is 5.87. The summed E-state index contributed by atoms with van der Waals surface area (Å²) in [5.41, 5.74) is 0. The summed E-state index contributed by atoms with van der Waals surface area (Å²) in [4.78, 5) is 10.8. The van der Waals surface area contributed by atoms with Crippen molar-refractivity contribution < 1.29 is 17.8 Å². The van der Waals surface area contributed by atoms with Gasteiger partial charge in [-0.3, -0.25) is 4.79 Å². The van der Waals surface area contributed by atoms with Crippen LogP contribution in [0.2, 0.25) is 0 Å². The highest BCUT2D eigenvalue weighted by atomic mass is 16.5. The molecule has 0 amide bonds. The van der Waals surface area contributed by atoms with Gasteiger partial charge in [-0.15, -0.1) is 0 Å². The number of hydrogen-bond donors (Lipinski definition) is 0. The summed E-state index contributed by atoms with van der Waals surface area (Å²) in [5, 5.41) is 0. The van der Waals surface area contributed by atoms with E-state index >= 15 is 0 Å². The zero-order chi connectivity index (χ0) is 9.78. The normalized spacial score (nSPS) is 70.3. The van der Waals surface area contributed by atoms with Crippen molar-refractivity contribution in [2.75, 3.05) is 6.56 Å². The summed E-state index contributed by atoms with van der Waals surface area (Å²) in [5.74, 6) is -1.35. The van der Waals surface area contributed by atoms with Gasteiger partial charge >= 0.3 is 0 Å². The standard InChI is InChI=1S/C4H6O2/c1-3-4(5)2-6-3/h3H,2H2,1H3/i1D3,2D2,3D. The molecule has 1 atom stereocenters. The van der Waals surface area contributed by atoms with E-state index in [1.807, 2.05) is 0 Å². The van der Waals surface area contributed by atoms with Crippen molar-refractivity contribution in [1.82, 2.24) is 0 Å². The van der Waals surface area contributed by atoms with E-state index in [-0.39, 0.29) is 0 Å². The van der Waals surface area contributed by atoms with Crippen LogP contribution in [0.1, 0.15) is 15.1 Å². The molecule has 0 radical (unpaired) electrons. The Hall–Kier alpha value is -0.370. The minimum Gasteiger partial charge on any atom is -0.363 e. The van der Waals surface area contributed by atoms with Gasteiger partial charge in [0.15, 0.2) is 5.78 Å². The van der Waals surface area contributed by atoms with Crippen molar-refractivity contribution in [2.45, 2.75) is 12.9 Å². The van der Waals surface area contributed by atoms with Crippen LogP contribution in [0.4, 0.5) is 0 Å². The van der Waals surface area contributed by atoms with Crippen molar-refractivity contribution in [3.8, 4) is 0 Å². The molecule has 6 heavy (non-hydrogen) atoms. The molecular weight excluding hydrogens is 80.0 g/mol. The van der Waals surface area contributed by atoms with Gasteiger partial charge in [-0.2, -0.15) is 0 Å². The summed E-state index contributed by atoms with van der Waals surface area (Å²) in [7, 11) is 0. The molecule has 1 heterocycles. The summed E-state index contributed by atoms with van der Waals surface area (Å²) >= 11 is 0. The third kappa shape index (κ3) is 0.337. The molecule has 2 nitrogen and oxygen atoms in total. The Morgan fingerprint density at radius 3 is 3.67 bits per heavy atom. The fourth-order valence-electron chi connectivity index (χ4n) is 0.144. The largest absolute Gasteiger partial charge is 0.363 e. The Labute approximate surface area is 44.5 Å². The fourth-order valence-corrected chi connectivity index (χ4v) is 0.144. The molecule has 1 aliphatic rings. The molecule has 2 heteroatoms. The Bertz CT molecular complexity index is 232. The molecule has 1 rings (SSSR count). The lowest BCUT2D eigenvalue weighted by molar-refractivity contribution is -0.152.